The molecule has 0 unspecified atom stereocenters. The minimum absolute atomic E-state index is 0.226. The van der Waals surface area contributed by atoms with Crippen LogP contribution in [0.5, 0.6) is 0 Å². The molecule has 0 atom stereocenters. The van der Waals surface area contributed by atoms with Crippen molar-refractivity contribution < 1.29 is 14.6 Å². The number of rotatable bonds is 7. The molecule has 0 radical (unpaired) electrons. The van der Waals surface area contributed by atoms with Crippen LogP contribution in [0.15, 0.2) is 0 Å². The van der Waals surface area contributed by atoms with Crippen molar-refractivity contribution in [1.29, 1.82) is 0 Å². The van der Waals surface area contributed by atoms with Gasteiger partial charge in [0.05, 0.1) is 18.1 Å². The van der Waals surface area contributed by atoms with Crippen LogP contribution in [0.2, 0.25) is 0 Å². The summed E-state index contributed by atoms with van der Waals surface area (Å²) in [6.07, 6.45) is 0.226. The van der Waals surface area contributed by atoms with Crippen molar-refractivity contribution in [1.82, 2.24) is 5.32 Å². The summed E-state index contributed by atoms with van der Waals surface area (Å²) < 4.78 is 5.31. The van der Waals surface area contributed by atoms with Gasteiger partial charge in [0.1, 0.15) is 0 Å². The number of hydrogen-bond acceptors (Lipinski definition) is 3. The minimum Gasteiger partial charge on any atom is -0.481 e. The van der Waals surface area contributed by atoms with E-state index >= 15 is 0 Å². The van der Waals surface area contributed by atoms with E-state index in [9.17, 15) is 4.79 Å². The Kier molecular flexibility index (Phi) is 5.72. The second-order valence-corrected chi connectivity index (χ2v) is 4.29. The number of carbonyl (C=O) groups is 1. The van der Waals surface area contributed by atoms with Crippen LogP contribution in [0, 0.1) is 5.41 Å². The minimum atomic E-state index is -0.783. The van der Waals surface area contributed by atoms with E-state index in [-0.39, 0.29) is 6.10 Å². The van der Waals surface area contributed by atoms with Crippen LogP contribution < -0.4 is 5.32 Å². The van der Waals surface area contributed by atoms with Gasteiger partial charge in [0.25, 0.3) is 0 Å². The third-order valence-corrected chi connectivity index (χ3v) is 1.88. The smallest absolute Gasteiger partial charge is 0.310 e. The zero-order valence-corrected chi connectivity index (χ0v) is 9.46. The molecule has 0 aromatic rings. The molecule has 0 aromatic carbocycles. The third kappa shape index (κ3) is 5.94. The molecule has 84 valence electrons. The first kappa shape index (κ1) is 13.4. The van der Waals surface area contributed by atoms with Gasteiger partial charge in [0.2, 0.25) is 0 Å². The fourth-order valence-corrected chi connectivity index (χ4v) is 0.843. The lowest BCUT2D eigenvalue weighted by atomic mass is 9.94. The molecule has 0 aromatic heterocycles. The van der Waals surface area contributed by atoms with Crippen LogP contribution in [0.25, 0.3) is 0 Å². The Labute approximate surface area is 85.6 Å². The summed E-state index contributed by atoms with van der Waals surface area (Å²) in [6, 6.07) is 0. The average Bonchev–Trinajstić information content (AvgIpc) is 2.02. The lowest BCUT2D eigenvalue weighted by Gasteiger charge is -2.19. The molecule has 4 nitrogen and oxygen atoms in total. The molecule has 0 aliphatic carbocycles. The highest BCUT2D eigenvalue weighted by Crippen LogP contribution is 2.12. The molecule has 14 heavy (non-hydrogen) atoms. The number of ether oxygens (including phenoxy) is 1. The first-order valence-corrected chi connectivity index (χ1v) is 4.92. The monoisotopic (exact) mass is 203 g/mol. The Morgan fingerprint density at radius 3 is 2.50 bits per heavy atom. The number of nitrogens with one attached hydrogen (secondary N) is 1. The van der Waals surface area contributed by atoms with E-state index in [4.69, 9.17) is 9.84 Å². The van der Waals surface area contributed by atoms with Gasteiger partial charge in [-0.2, -0.15) is 0 Å². The number of carboxylic acid groups (broad SMARTS) is 1. The normalized spacial score (nSPS) is 12.1. The Balaban J connectivity index is 3.49. The summed E-state index contributed by atoms with van der Waals surface area (Å²) in [7, 11) is 0. The molecular weight excluding hydrogens is 182 g/mol. The van der Waals surface area contributed by atoms with Crippen molar-refractivity contribution in [2.45, 2.75) is 33.8 Å². The molecule has 4 heteroatoms. The lowest BCUT2D eigenvalue weighted by molar-refractivity contribution is -0.146. The van der Waals surface area contributed by atoms with Crippen molar-refractivity contribution in [3.8, 4) is 0 Å². The highest BCUT2D eigenvalue weighted by Gasteiger charge is 2.26. The standard InChI is InChI=1S/C10H21NO3/c1-8(2)14-6-5-11-7-10(3,4)9(12)13/h8,11H,5-7H2,1-4H3,(H,12,13). The van der Waals surface area contributed by atoms with Gasteiger partial charge in [-0.3, -0.25) is 4.79 Å². The van der Waals surface area contributed by atoms with Gasteiger partial charge in [-0.15, -0.1) is 0 Å². The predicted octanol–water partition coefficient (Wildman–Crippen LogP) is 1.11. The molecule has 0 aliphatic heterocycles. The topological polar surface area (TPSA) is 58.6 Å². The zero-order chi connectivity index (χ0) is 11.2. The molecule has 0 saturated carbocycles. The predicted molar refractivity (Wildman–Crippen MR) is 55.4 cm³/mol. The maximum atomic E-state index is 10.7. The molecule has 0 aliphatic rings. The highest BCUT2D eigenvalue weighted by atomic mass is 16.5. The van der Waals surface area contributed by atoms with E-state index in [1.54, 1.807) is 13.8 Å². The highest BCUT2D eigenvalue weighted by molar-refractivity contribution is 5.73. The molecule has 0 amide bonds. The van der Waals surface area contributed by atoms with Crippen LogP contribution in [-0.4, -0.2) is 36.9 Å². The second kappa shape index (κ2) is 5.98. The van der Waals surface area contributed by atoms with E-state index in [0.717, 1.165) is 0 Å². The first-order valence-electron chi connectivity index (χ1n) is 4.92. The van der Waals surface area contributed by atoms with E-state index in [1.807, 2.05) is 13.8 Å². The Bertz CT molecular complexity index is 178. The van der Waals surface area contributed by atoms with Crippen LogP contribution in [0.1, 0.15) is 27.7 Å². The van der Waals surface area contributed by atoms with E-state index in [2.05, 4.69) is 5.32 Å². The Morgan fingerprint density at radius 2 is 2.07 bits per heavy atom. The lowest BCUT2D eigenvalue weighted by Crippen LogP contribution is -2.37. The molecule has 0 spiro atoms. The molecule has 0 rings (SSSR count). The van der Waals surface area contributed by atoms with Crippen LogP contribution in [0.3, 0.4) is 0 Å². The molecule has 0 saturated heterocycles. The summed E-state index contributed by atoms with van der Waals surface area (Å²) in [4.78, 5) is 10.7. The number of aliphatic carboxylic acids is 1. The summed E-state index contributed by atoms with van der Waals surface area (Å²) >= 11 is 0. The second-order valence-electron chi connectivity index (χ2n) is 4.29. The van der Waals surface area contributed by atoms with Crippen molar-refractivity contribution in [2.75, 3.05) is 19.7 Å². The van der Waals surface area contributed by atoms with Gasteiger partial charge >= 0.3 is 5.97 Å². The third-order valence-electron chi connectivity index (χ3n) is 1.88. The molecule has 2 N–H and O–H groups in total. The summed E-state index contributed by atoms with van der Waals surface area (Å²) in [5, 5.41) is 11.9. The zero-order valence-electron chi connectivity index (χ0n) is 9.46. The average molecular weight is 203 g/mol. The molecular formula is C10H21NO3. The van der Waals surface area contributed by atoms with Crippen molar-refractivity contribution in [3.63, 3.8) is 0 Å². The molecule has 0 fully saturated rings. The largest absolute Gasteiger partial charge is 0.481 e. The quantitative estimate of drug-likeness (QED) is 0.609. The Hall–Kier alpha value is -0.610. The van der Waals surface area contributed by atoms with Gasteiger partial charge in [0.15, 0.2) is 0 Å². The molecule has 0 heterocycles. The van der Waals surface area contributed by atoms with E-state index in [0.29, 0.717) is 19.7 Å². The first-order chi connectivity index (χ1) is 6.36. The number of carboxylic acids is 1. The summed E-state index contributed by atoms with van der Waals surface area (Å²) in [5.74, 6) is -0.783. The fourth-order valence-electron chi connectivity index (χ4n) is 0.843. The van der Waals surface area contributed by atoms with Gasteiger partial charge < -0.3 is 15.2 Å². The van der Waals surface area contributed by atoms with Crippen molar-refractivity contribution in [3.05, 3.63) is 0 Å². The Morgan fingerprint density at radius 1 is 1.50 bits per heavy atom. The van der Waals surface area contributed by atoms with Gasteiger partial charge in [-0.05, 0) is 27.7 Å². The van der Waals surface area contributed by atoms with Crippen LogP contribution in [0.4, 0.5) is 0 Å². The van der Waals surface area contributed by atoms with Gasteiger partial charge in [-0.1, -0.05) is 0 Å². The summed E-state index contributed by atoms with van der Waals surface area (Å²) in [6.45, 7) is 9.12. The van der Waals surface area contributed by atoms with E-state index < -0.39 is 11.4 Å². The SMILES string of the molecule is CC(C)OCCNCC(C)(C)C(=O)O. The van der Waals surface area contributed by atoms with Crippen molar-refractivity contribution in [2.24, 2.45) is 5.41 Å². The summed E-state index contributed by atoms with van der Waals surface area (Å²) in [5.41, 5.74) is -0.710. The fraction of sp³-hybridized carbons (Fsp3) is 0.900. The number of hydrogen-bond donors (Lipinski definition) is 2. The van der Waals surface area contributed by atoms with Crippen molar-refractivity contribution >= 4 is 5.97 Å². The van der Waals surface area contributed by atoms with Gasteiger partial charge in [-0.25, -0.2) is 0 Å². The van der Waals surface area contributed by atoms with E-state index in [1.165, 1.54) is 0 Å². The molecule has 0 bridgehead atoms. The van der Waals surface area contributed by atoms with Gasteiger partial charge in [0, 0.05) is 13.1 Å². The van der Waals surface area contributed by atoms with Crippen LogP contribution in [-0.2, 0) is 9.53 Å². The maximum absolute atomic E-state index is 10.7. The van der Waals surface area contributed by atoms with Crippen LogP contribution >= 0.6 is 0 Å². The maximum Gasteiger partial charge on any atom is 0.310 e.